The van der Waals surface area contributed by atoms with E-state index in [-0.39, 0.29) is 5.41 Å². The van der Waals surface area contributed by atoms with Crippen molar-refractivity contribution in [2.75, 3.05) is 42.9 Å². The van der Waals surface area contributed by atoms with Gasteiger partial charge in [-0.3, -0.25) is 4.90 Å². The Morgan fingerprint density at radius 3 is 2.41 bits per heavy atom. The van der Waals surface area contributed by atoms with Crippen LogP contribution in [-0.2, 0) is 11.8 Å². The zero-order valence-electron chi connectivity index (χ0n) is 21.9. The Kier molecular flexibility index (Phi) is 8.46. The van der Waals surface area contributed by atoms with E-state index in [1.807, 2.05) is 6.20 Å². The minimum Gasteiger partial charge on any atom is -0.356 e. The minimum atomic E-state index is 0.218. The monoisotopic (exact) mass is 463 g/mol. The predicted molar refractivity (Wildman–Crippen MR) is 144 cm³/mol. The van der Waals surface area contributed by atoms with Crippen molar-refractivity contribution < 1.29 is 0 Å². The van der Waals surface area contributed by atoms with Crippen molar-refractivity contribution in [2.45, 2.75) is 84.1 Å². The maximum absolute atomic E-state index is 4.85. The van der Waals surface area contributed by atoms with E-state index >= 15 is 0 Å². The van der Waals surface area contributed by atoms with Crippen LogP contribution in [0.5, 0.6) is 0 Å². The molecule has 34 heavy (non-hydrogen) atoms. The molecule has 2 aliphatic heterocycles. The summed E-state index contributed by atoms with van der Waals surface area (Å²) in [4.78, 5) is 14.5. The fourth-order valence-electron chi connectivity index (χ4n) is 5.49. The van der Waals surface area contributed by atoms with Crippen LogP contribution in [0.2, 0.25) is 0 Å². The summed E-state index contributed by atoms with van der Waals surface area (Å²) in [6, 6.07) is 11.9. The van der Waals surface area contributed by atoms with Crippen LogP contribution in [0.4, 0.5) is 11.8 Å². The lowest BCUT2D eigenvalue weighted by Crippen LogP contribution is -2.38. The number of aromatic nitrogens is 2. The molecule has 2 saturated heterocycles. The lowest BCUT2D eigenvalue weighted by Gasteiger charge is -2.28. The van der Waals surface area contributed by atoms with Crippen LogP contribution in [0.1, 0.15) is 77.3 Å². The summed E-state index contributed by atoms with van der Waals surface area (Å²) >= 11 is 0. The molecule has 1 N–H and O–H groups in total. The quantitative estimate of drug-likeness (QED) is 0.527. The van der Waals surface area contributed by atoms with Gasteiger partial charge in [0, 0.05) is 38.4 Å². The summed E-state index contributed by atoms with van der Waals surface area (Å²) in [7, 11) is 0. The van der Waals surface area contributed by atoms with Gasteiger partial charge in [-0.25, -0.2) is 4.98 Å². The van der Waals surface area contributed by atoms with Gasteiger partial charge in [-0.15, -0.1) is 0 Å². The molecule has 5 nitrogen and oxygen atoms in total. The van der Waals surface area contributed by atoms with Crippen LogP contribution >= 0.6 is 0 Å². The van der Waals surface area contributed by atoms with Gasteiger partial charge in [0.1, 0.15) is 5.82 Å². The van der Waals surface area contributed by atoms with E-state index in [0.29, 0.717) is 12.0 Å². The summed E-state index contributed by atoms with van der Waals surface area (Å²) in [5.41, 5.74) is 3.08. The Balaban J connectivity index is 1.28. The molecular weight excluding hydrogens is 418 g/mol. The van der Waals surface area contributed by atoms with E-state index < -0.39 is 0 Å². The Hall–Kier alpha value is -2.14. The zero-order chi connectivity index (χ0) is 24.0. The number of benzene rings is 1. The van der Waals surface area contributed by atoms with Crippen molar-refractivity contribution in [2.24, 2.45) is 5.92 Å². The molecule has 186 valence electrons. The maximum Gasteiger partial charge on any atom is 0.224 e. The number of nitrogens with zero attached hydrogens (tertiary/aromatic N) is 4. The first-order chi connectivity index (χ1) is 16.4. The molecule has 0 aliphatic carbocycles. The molecule has 2 aromatic rings. The largest absolute Gasteiger partial charge is 0.356 e. The molecule has 3 heterocycles. The first kappa shape index (κ1) is 25.0. The Morgan fingerprint density at radius 2 is 1.71 bits per heavy atom. The molecule has 1 aromatic carbocycles. The van der Waals surface area contributed by atoms with E-state index in [0.717, 1.165) is 44.4 Å². The number of anilines is 2. The average Bonchev–Trinajstić information content (AvgIpc) is 3.06. The molecule has 0 spiro atoms. The molecule has 0 saturated carbocycles. The second-order valence-electron chi connectivity index (χ2n) is 11.6. The SMILES string of the molecule is CC(Cc1ccc(C(C)(C)C)cc1)CN1CCCC1CNc1nccc(N2CCCCCC2)n1. The smallest absolute Gasteiger partial charge is 0.224 e. The summed E-state index contributed by atoms with van der Waals surface area (Å²) in [5.74, 6) is 2.50. The van der Waals surface area contributed by atoms with E-state index in [2.05, 4.69) is 78.1 Å². The van der Waals surface area contributed by atoms with E-state index in [4.69, 9.17) is 4.98 Å². The molecule has 2 aliphatic rings. The van der Waals surface area contributed by atoms with Crippen LogP contribution in [0.15, 0.2) is 36.5 Å². The minimum absolute atomic E-state index is 0.218. The third-order valence-corrected chi connectivity index (χ3v) is 7.52. The second-order valence-corrected chi connectivity index (χ2v) is 11.6. The standard InChI is InChI=1S/C29H45N5/c1-23(20-24-11-13-25(14-12-24)29(2,3)4)22-34-19-9-10-26(34)21-31-28-30-16-15-27(32-28)33-17-7-5-6-8-18-33/h11-16,23,26H,5-10,17-22H2,1-4H3,(H,30,31,32). The van der Waals surface area contributed by atoms with Gasteiger partial charge in [0.05, 0.1) is 0 Å². The maximum atomic E-state index is 4.85. The number of hydrogen-bond acceptors (Lipinski definition) is 5. The molecule has 4 rings (SSSR count). The van der Waals surface area contributed by atoms with E-state index in [1.54, 1.807) is 0 Å². The van der Waals surface area contributed by atoms with Gasteiger partial charge >= 0.3 is 0 Å². The van der Waals surface area contributed by atoms with Crippen LogP contribution in [-0.4, -0.2) is 53.6 Å². The Morgan fingerprint density at radius 1 is 0.971 bits per heavy atom. The molecule has 0 bridgehead atoms. The summed E-state index contributed by atoms with van der Waals surface area (Å²) in [5, 5.41) is 3.56. The number of nitrogens with one attached hydrogen (secondary N) is 1. The van der Waals surface area contributed by atoms with E-state index in [1.165, 1.54) is 56.2 Å². The van der Waals surface area contributed by atoms with Gasteiger partial charge in [0.25, 0.3) is 0 Å². The van der Waals surface area contributed by atoms with Gasteiger partial charge in [-0.1, -0.05) is 64.8 Å². The van der Waals surface area contributed by atoms with Gasteiger partial charge in [-0.05, 0) is 67.2 Å². The fourth-order valence-corrected chi connectivity index (χ4v) is 5.49. The topological polar surface area (TPSA) is 44.3 Å². The summed E-state index contributed by atoms with van der Waals surface area (Å²) in [6.45, 7) is 14.8. The van der Waals surface area contributed by atoms with Crippen molar-refractivity contribution >= 4 is 11.8 Å². The highest BCUT2D eigenvalue weighted by molar-refractivity contribution is 5.42. The van der Waals surface area contributed by atoms with Crippen molar-refractivity contribution in [3.8, 4) is 0 Å². The number of hydrogen-bond donors (Lipinski definition) is 1. The van der Waals surface area contributed by atoms with Crippen molar-refractivity contribution in [3.63, 3.8) is 0 Å². The third-order valence-electron chi connectivity index (χ3n) is 7.52. The molecule has 2 fully saturated rings. The normalized spacial score (nSPS) is 20.8. The van der Waals surface area contributed by atoms with Gasteiger partial charge < -0.3 is 10.2 Å². The lowest BCUT2D eigenvalue weighted by molar-refractivity contribution is 0.226. The molecular formula is C29H45N5. The Bertz CT molecular complexity index is 880. The predicted octanol–water partition coefficient (Wildman–Crippen LogP) is 5.91. The van der Waals surface area contributed by atoms with Gasteiger partial charge in [0.2, 0.25) is 5.95 Å². The molecule has 5 heteroatoms. The highest BCUT2D eigenvalue weighted by Gasteiger charge is 2.26. The molecule has 1 aromatic heterocycles. The molecule has 0 amide bonds. The first-order valence-electron chi connectivity index (χ1n) is 13.5. The molecule has 2 unspecified atom stereocenters. The van der Waals surface area contributed by atoms with Crippen LogP contribution < -0.4 is 10.2 Å². The van der Waals surface area contributed by atoms with Crippen molar-refractivity contribution in [1.82, 2.24) is 14.9 Å². The van der Waals surface area contributed by atoms with Gasteiger partial charge in [0.15, 0.2) is 0 Å². The molecule has 2 atom stereocenters. The highest BCUT2D eigenvalue weighted by atomic mass is 15.2. The summed E-state index contributed by atoms with van der Waals surface area (Å²) in [6.07, 6.45) is 10.8. The van der Waals surface area contributed by atoms with Crippen molar-refractivity contribution in [1.29, 1.82) is 0 Å². The first-order valence-corrected chi connectivity index (χ1v) is 13.5. The Labute approximate surface area is 207 Å². The van der Waals surface area contributed by atoms with Gasteiger partial charge in [-0.2, -0.15) is 4.98 Å². The average molecular weight is 464 g/mol. The van der Waals surface area contributed by atoms with Crippen LogP contribution in [0, 0.1) is 5.92 Å². The van der Waals surface area contributed by atoms with Crippen LogP contribution in [0.25, 0.3) is 0 Å². The summed E-state index contributed by atoms with van der Waals surface area (Å²) < 4.78 is 0. The highest BCUT2D eigenvalue weighted by Crippen LogP contribution is 2.24. The lowest BCUT2D eigenvalue weighted by atomic mass is 9.86. The number of rotatable bonds is 8. The molecule has 0 radical (unpaired) electrons. The number of likely N-dealkylation sites (tertiary alicyclic amines) is 1. The van der Waals surface area contributed by atoms with E-state index in [9.17, 15) is 0 Å². The fraction of sp³-hybridized carbons (Fsp3) is 0.655. The second kappa shape index (κ2) is 11.5. The van der Waals surface area contributed by atoms with Crippen LogP contribution in [0.3, 0.4) is 0 Å². The zero-order valence-corrected chi connectivity index (χ0v) is 21.9. The third kappa shape index (κ3) is 6.94. The van der Waals surface area contributed by atoms with Crippen molar-refractivity contribution in [3.05, 3.63) is 47.7 Å².